The molecule has 1 aromatic carbocycles. The number of hydrogen-bond acceptors (Lipinski definition) is 5. The number of piperidine rings is 1. The molecule has 1 unspecified atom stereocenters. The van der Waals surface area contributed by atoms with Crippen LogP contribution in [-0.2, 0) is 13.1 Å². The van der Waals surface area contributed by atoms with Crippen LogP contribution in [0, 0.1) is 5.92 Å². The van der Waals surface area contributed by atoms with Crippen molar-refractivity contribution in [1.29, 1.82) is 0 Å². The molecule has 1 fully saturated rings. The summed E-state index contributed by atoms with van der Waals surface area (Å²) in [6.07, 6.45) is 9.82. The molecule has 140 valence electrons. The lowest BCUT2D eigenvalue weighted by Crippen LogP contribution is -2.34. The first kappa shape index (κ1) is 17.5. The topological polar surface area (TPSA) is 58.9 Å². The molecule has 1 atom stereocenters. The van der Waals surface area contributed by atoms with E-state index in [9.17, 15) is 0 Å². The maximum Gasteiger partial charge on any atom is 0.134 e. The molecule has 27 heavy (non-hydrogen) atoms. The molecule has 3 aromatic rings. The monoisotopic (exact) mass is 362 g/mol. The van der Waals surface area contributed by atoms with Gasteiger partial charge in [0.05, 0.1) is 6.33 Å². The Morgan fingerprint density at radius 1 is 1.15 bits per heavy atom. The van der Waals surface area contributed by atoms with Crippen molar-refractivity contribution in [1.82, 2.24) is 19.5 Å². The van der Waals surface area contributed by atoms with Crippen LogP contribution >= 0.6 is 0 Å². The fourth-order valence-electron chi connectivity index (χ4n) is 3.56. The molecular weight excluding hydrogens is 336 g/mol. The summed E-state index contributed by atoms with van der Waals surface area (Å²) in [4.78, 5) is 15.3. The summed E-state index contributed by atoms with van der Waals surface area (Å²) < 4.78 is 2.07. The van der Waals surface area contributed by atoms with Crippen LogP contribution in [0.25, 0.3) is 0 Å². The van der Waals surface area contributed by atoms with E-state index in [4.69, 9.17) is 0 Å². The number of rotatable bonds is 6. The first-order valence-electron chi connectivity index (χ1n) is 9.61. The fourth-order valence-corrected chi connectivity index (χ4v) is 3.56. The van der Waals surface area contributed by atoms with Crippen LogP contribution < -0.4 is 10.2 Å². The van der Waals surface area contributed by atoms with E-state index in [1.165, 1.54) is 24.0 Å². The largest absolute Gasteiger partial charge is 0.366 e. The third kappa shape index (κ3) is 4.64. The molecule has 1 aliphatic rings. The molecule has 6 nitrogen and oxygen atoms in total. The first-order chi connectivity index (χ1) is 13.3. The van der Waals surface area contributed by atoms with E-state index in [1.54, 1.807) is 12.5 Å². The van der Waals surface area contributed by atoms with E-state index < -0.39 is 0 Å². The molecule has 1 saturated heterocycles. The molecule has 6 heteroatoms. The second kappa shape index (κ2) is 8.20. The lowest BCUT2D eigenvalue weighted by atomic mass is 10.0. The minimum Gasteiger partial charge on any atom is -0.366 e. The van der Waals surface area contributed by atoms with Crippen LogP contribution in [0.5, 0.6) is 0 Å². The van der Waals surface area contributed by atoms with Crippen molar-refractivity contribution >= 4 is 11.6 Å². The van der Waals surface area contributed by atoms with E-state index in [1.807, 2.05) is 12.5 Å². The molecule has 1 N–H and O–H groups in total. The highest BCUT2D eigenvalue weighted by Gasteiger charge is 2.17. The Hall–Kier alpha value is -2.89. The van der Waals surface area contributed by atoms with Crippen LogP contribution in [0.4, 0.5) is 11.6 Å². The molecule has 1 aliphatic heterocycles. The van der Waals surface area contributed by atoms with Gasteiger partial charge in [0.2, 0.25) is 0 Å². The van der Waals surface area contributed by atoms with Gasteiger partial charge >= 0.3 is 0 Å². The van der Waals surface area contributed by atoms with Gasteiger partial charge in [-0.15, -0.1) is 0 Å². The van der Waals surface area contributed by atoms with Gasteiger partial charge < -0.3 is 14.8 Å². The lowest BCUT2D eigenvalue weighted by Gasteiger charge is -2.31. The van der Waals surface area contributed by atoms with Gasteiger partial charge in [-0.3, -0.25) is 0 Å². The number of aromatic nitrogens is 4. The molecule has 0 spiro atoms. The summed E-state index contributed by atoms with van der Waals surface area (Å²) in [5.41, 5.74) is 2.50. The summed E-state index contributed by atoms with van der Waals surface area (Å²) in [5.74, 6) is 2.63. The summed E-state index contributed by atoms with van der Waals surface area (Å²) in [6.45, 7) is 6.06. The normalized spacial score (nSPS) is 17.1. The molecule has 0 saturated carbocycles. The highest BCUT2D eigenvalue weighted by molar-refractivity contribution is 5.49. The van der Waals surface area contributed by atoms with Crippen LogP contribution in [0.2, 0.25) is 0 Å². The number of hydrogen-bond donors (Lipinski definition) is 1. The third-order valence-corrected chi connectivity index (χ3v) is 5.05. The van der Waals surface area contributed by atoms with Crippen molar-refractivity contribution in [3.05, 3.63) is 66.5 Å². The van der Waals surface area contributed by atoms with E-state index in [0.29, 0.717) is 0 Å². The Labute approximate surface area is 160 Å². The number of imidazole rings is 1. The third-order valence-electron chi connectivity index (χ3n) is 5.05. The van der Waals surface area contributed by atoms with Crippen molar-refractivity contribution in [2.24, 2.45) is 5.92 Å². The Kier molecular flexibility index (Phi) is 5.32. The van der Waals surface area contributed by atoms with Gasteiger partial charge in [0.15, 0.2) is 0 Å². The predicted molar refractivity (Wildman–Crippen MR) is 108 cm³/mol. The molecule has 2 aromatic heterocycles. The quantitative estimate of drug-likeness (QED) is 0.726. The van der Waals surface area contributed by atoms with E-state index in [-0.39, 0.29) is 0 Å². The smallest absolute Gasteiger partial charge is 0.134 e. The predicted octanol–water partition coefficient (Wildman–Crippen LogP) is 3.57. The van der Waals surface area contributed by atoms with E-state index in [2.05, 4.69) is 67.0 Å². The standard InChI is InChI=1S/C21H26N6/c1-17-3-2-9-27(13-17)21-11-20(24-15-25-21)23-12-18-4-6-19(7-5-18)14-26-10-8-22-16-26/h4-8,10-11,15-17H,2-3,9,12-14H2,1H3,(H,23,24,25). The zero-order valence-corrected chi connectivity index (χ0v) is 15.8. The number of nitrogens with zero attached hydrogens (tertiary/aromatic N) is 5. The second-order valence-corrected chi connectivity index (χ2v) is 7.36. The van der Waals surface area contributed by atoms with Gasteiger partial charge in [-0.1, -0.05) is 31.2 Å². The van der Waals surface area contributed by atoms with E-state index >= 15 is 0 Å². The molecule has 4 rings (SSSR count). The SMILES string of the molecule is CC1CCCN(c2cc(NCc3ccc(Cn4ccnc4)cc3)ncn2)C1. The molecular formula is C21H26N6. The number of nitrogens with one attached hydrogen (secondary N) is 1. The van der Waals surface area contributed by atoms with Crippen molar-refractivity contribution in [3.8, 4) is 0 Å². The van der Waals surface area contributed by atoms with Crippen molar-refractivity contribution in [2.45, 2.75) is 32.9 Å². The molecule has 0 amide bonds. The maximum absolute atomic E-state index is 4.47. The summed E-state index contributed by atoms with van der Waals surface area (Å²) in [5, 5.41) is 3.42. The van der Waals surface area contributed by atoms with Gasteiger partial charge in [-0.2, -0.15) is 0 Å². The first-order valence-corrected chi connectivity index (χ1v) is 9.61. The molecule has 0 radical (unpaired) electrons. The molecule has 0 bridgehead atoms. The van der Waals surface area contributed by atoms with Crippen molar-refractivity contribution in [3.63, 3.8) is 0 Å². The van der Waals surface area contributed by atoms with Crippen LogP contribution in [0.1, 0.15) is 30.9 Å². The van der Waals surface area contributed by atoms with Gasteiger partial charge in [0, 0.05) is 44.6 Å². The zero-order valence-electron chi connectivity index (χ0n) is 15.8. The fraction of sp³-hybridized carbons (Fsp3) is 0.381. The van der Waals surface area contributed by atoms with Crippen LogP contribution in [0.15, 0.2) is 55.4 Å². The van der Waals surface area contributed by atoms with E-state index in [0.717, 1.165) is 43.7 Å². The van der Waals surface area contributed by atoms with Gasteiger partial charge in [0.25, 0.3) is 0 Å². The Balaban J connectivity index is 1.35. The van der Waals surface area contributed by atoms with Crippen molar-refractivity contribution in [2.75, 3.05) is 23.3 Å². The molecule has 0 aliphatic carbocycles. The average molecular weight is 362 g/mol. The Morgan fingerprint density at radius 3 is 2.78 bits per heavy atom. The zero-order chi connectivity index (χ0) is 18.5. The lowest BCUT2D eigenvalue weighted by molar-refractivity contribution is 0.444. The average Bonchev–Trinajstić information content (AvgIpc) is 3.21. The molecule has 3 heterocycles. The highest BCUT2D eigenvalue weighted by atomic mass is 15.2. The minimum atomic E-state index is 0.728. The second-order valence-electron chi connectivity index (χ2n) is 7.36. The Morgan fingerprint density at radius 2 is 2.00 bits per heavy atom. The van der Waals surface area contributed by atoms with Crippen molar-refractivity contribution < 1.29 is 0 Å². The summed E-state index contributed by atoms with van der Waals surface area (Å²) in [7, 11) is 0. The number of anilines is 2. The highest BCUT2D eigenvalue weighted by Crippen LogP contribution is 2.22. The maximum atomic E-state index is 4.47. The van der Waals surface area contributed by atoms with Crippen LogP contribution in [-0.4, -0.2) is 32.6 Å². The van der Waals surface area contributed by atoms with Gasteiger partial charge in [-0.05, 0) is 29.9 Å². The summed E-state index contributed by atoms with van der Waals surface area (Å²) in [6, 6.07) is 10.7. The van der Waals surface area contributed by atoms with Gasteiger partial charge in [-0.25, -0.2) is 15.0 Å². The van der Waals surface area contributed by atoms with Crippen LogP contribution in [0.3, 0.4) is 0 Å². The summed E-state index contributed by atoms with van der Waals surface area (Å²) >= 11 is 0. The van der Waals surface area contributed by atoms with Gasteiger partial charge in [0.1, 0.15) is 18.0 Å². The minimum absolute atomic E-state index is 0.728. The Bertz CT molecular complexity index is 843. The number of benzene rings is 1.